The third-order valence-electron chi connectivity index (χ3n) is 10.8. The van der Waals surface area contributed by atoms with Crippen LogP contribution in [0.15, 0.2) is 24.3 Å². The number of hydrogen-bond acceptors (Lipinski definition) is 8. The van der Waals surface area contributed by atoms with Crippen LogP contribution in [-0.4, -0.2) is 69.8 Å². The summed E-state index contributed by atoms with van der Waals surface area (Å²) in [6.45, 7) is 8.83. The summed E-state index contributed by atoms with van der Waals surface area (Å²) in [4.78, 5) is 17.9. The summed E-state index contributed by atoms with van der Waals surface area (Å²) in [5.74, 6) is -0.166. The molecule has 244 valence electrons. The first kappa shape index (κ1) is 30.1. The first-order valence-corrected chi connectivity index (χ1v) is 16.4. The molecule has 4 aliphatic heterocycles. The number of nitrogens with zero attached hydrogens (tertiary/aromatic N) is 5. The summed E-state index contributed by atoms with van der Waals surface area (Å²) >= 11 is 6.68. The molecular formula is C33H36ClF4N7O. The lowest BCUT2D eigenvalue weighted by Gasteiger charge is -2.42. The van der Waals surface area contributed by atoms with Gasteiger partial charge in [0.15, 0.2) is 5.82 Å². The van der Waals surface area contributed by atoms with Crippen LogP contribution in [0.4, 0.5) is 29.2 Å². The Morgan fingerprint density at radius 1 is 1.17 bits per heavy atom. The Morgan fingerprint density at radius 3 is 2.74 bits per heavy atom. The number of nitrogen functional groups attached to an aromatic ring is 1. The predicted molar refractivity (Wildman–Crippen MR) is 169 cm³/mol. The molecule has 5 fully saturated rings. The number of hydrogen-bond donors (Lipinski definition) is 2. The SMILES string of the molecule is C=C1CN2CCC[C@@]2(COc2nc(N3C[C@@H]4CC[C@](C5CC5)(C3)N4)c3cc(Cl)c(-c4nc(N)cc(C)c4C(F)(F)F)c(F)c3n2)C1. The Bertz CT molecular complexity index is 1780. The van der Waals surface area contributed by atoms with Crippen LogP contribution in [0.1, 0.15) is 56.1 Å². The molecule has 8 rings (SSSR count). The number of alkyl halides is 3. The lowest BCUT2D eigenvalue weighted by atomic mass is 9.90. The van der Waals surface area contributed by atoms with Gasteiger partial charge in [-0.05, 0) is 82.0 Å². The van der Waals surface area contributed by atoms with E-state index in [0.717, 1.165) is 69.7 Å². The Labute approximate surface area is 269 Å². The lowest BCUT2D eigenvalue weighted by Crippen LogP contribution is -2.61. The number of halogens is 5. The van der Waals surface area contributed by atoms with E-state index in [9.17, 15) is 13.2 Å². The molecular weight excluding hydrogens is 622 g/mol. The zero-order valence-electron chi connectivity index (χ0n) is 25.6. The first-order valence-electron chi connectivity index (χ1n) is 16.0. The van der Waals surface area contributed by atoms with E-state index in [1.54, 1.807) is 0 Å². The quantitative estimate of drug-likeness (QED) is 0.236. The van der Waals surface area contributed by atoms with Crippen LogP contribution in [0.3, 0.4) is 0 Å². The molecule has 1 aromatic carbocycles. The maximum atomic E-state index is 16.8. The third kappa shape index (κ3) is 4.81. The number of aromatic nitrogens is 3. The fraction of sp³-hybridized carbons (Fsp3) is 0.545. The molecule has 0 spiro atoms. The minimum Gasteiger partial charge on any atom is -0.461 e. The summed E-state index contributed by atoms with van der Waals surface area (Å²) in [5, 5.41) is 3.93. The average molecular weight is 658 g/mol. The van der Waals surface area contributed by atoms with E-state index in [0.29, 0.717) is 36.8 Å². The summed E-state index contributed by atoms with van der Waals surface area (Å²) < 4.78 is 66.1. The van der Waals surface area contributed by atoms with Crippen LogP contribution in [0.2, 0.25) is 5.02 Å². The van der Waals surface area contributed by atoms with E-state index >= 15 is 4.39 Å². The van der Waals surface area contributed by atoms with Gasteiger partial charge in [0.1, 0.15) is 23.8 Å². The van der Waals surface area contributed by atoms with Gasteiger partial charge in [0.25, 0.3) is 0 Å². The molecule has 2 bridgehead atoms. The molecule has 13 heteroatoms. The highest BCUT2D eigenvalue weighted by Crippen LogP contribution is 2.50. The van der Waals surface area contributed by atoms with E-state index in [-0.39, 0.29) is 45.1 Å². The first-order chi connectivity index (χ1) is 21.9. The number of anilines is 2. The molecule has 3 atom stereocenters. The van der Waals surface area contributed by atoms with Gasteiger partial charge in [0.05, 0.1) is 27.4 Å². The molecule has 0 amide bonds. The van der Waals surface area contributed by atoms with Crippen LogP contribution < -0.4 is 20.7 Å². The second-order valence-electron chi connectivity index (χ2n) is 14.0. The van der Waals surface area contributed by atoms with Crippen molar-refractivity contribution in [1.29, 1.82) is 0 Å². The van der Waals surface area contributed by atoms with Crippen LogP contribution in [0.5, 0.6) is 6.01 Å². The normalized spacial score (nSPS) is 28.0. The van der Waals surface area contributed by atoms with Gasteiger partial charge in [-0.15, -0.1) is 0 Å². The van der Waals surface area contributed by atoms with Gasteiger partial charge in [0, 0.05) is 36.6 Å². The number of nitrogens with one attached hydrogen (secondary N) is 1. The van der Waals surface area contributed by atoms with Crippen molar-refractivity contribution in [1.82, 2.24) is 25.2 Å². The molecule has 3 N–H and O–H groups in total. The molecule has 5 aliphatic rings. The number of piperazine rings is 1. The summed E-state index contributed by atoms with van der Waals surface area (Å²) in [6, 6.07) is 2.80. The standard InChI is InChI=1S/C33H36ClF4N7O/c1-17-12-31(7-3-9-45(31)13-17)16-46-30-41-27-21(29(42-30)44-14-20-6-8-32(15-44,43-20)19-4-5-19)11-22(34)24(26(27)35)28-25(33(36,37)38)18(2)10-23(39)40-28/h10-11,19-20,43H,1,3-9,12-16H2,2H3,(H2,39,40)/t20-,31-,32+/m0/s1. The summed E-state index contributed by atoms with van der Waals surface area (Å²) in [5.41, 5.74) is 4.11. The molecule has 0 unspecified atom stereocenters. The number of ether oxygens (including phenoxy) is 1. The third-order valence-corrected chi connectivity index (χ3v) is 11.1. The number of fused-ring (bicyclic) bond motifs is 4. The maximum Gasteiger partial charge on any atom is 0.418 e. The smallest absolute Gasteiger partial charge is 0.418 e. The number of aryl methyl sites for hydroxylation is 1. The van der Waals surface area contributed by atoms with E-state index in [1.807, 2.05) is 0 Å². The minimum absolute atomic E-state index is 0.0208. The molecule has 3 aromatic rings. The number of benzene rings is 1. The van der Waals surface area contributed by atoms with Crippen molar-refractivity contribution in [2.24, 2.45) is 5.92 Å². The molecule has 4 saturated heterocycles. The second kappa shape index (κ2) is 10.4. The van der Waals surface area contributed by atoms with Crippen LogP contribution >= 0.6 is 11.6 Å². The second-order valence-corrected chi connectivity index (χ2v) is 14.4. The molecule has 2 aromatic heterocycles. The largest absolute Gasteiger partial charge is 0.461 e. The predicted octanol–water partition coefficient (Wildman–Crippen LogP) is 6.29. The zero-order chi connectivity index (χ0) is 32.2. The van der Waals surface area contributed by atoms with Crippen molar-refractivity contribution in [2.75, 3.05) is 43.4 Å². The fourth-order valence-corrected chi connectivity index (χ4v) is 9.01. The van der Waals surface area contributed by atoms with Gasteiger partial charge >= 0.3 is 12.2 Å². The van der Waals surface area contributed by atoms with Gasteiger partial charge in [-0.2, -0.15) is 23.1 Å². The van der Waals surface area contributed by atoms with Crippen molar-refractivity contribution in [3.05, 3.63) is 46.3 Å². The van der Waals surface area contributed by atoms with Crippen LogP contribution in [0, 0.1) is 18.7 Å². The highest BCUT2D eigenvalue weighted by molar-refractivity contribution is 6.34. The van der Waals surface area contributed by atoms with Crippen LogP contribution in [0.25, 0.3) is 22.2 Å². The van der Waals surface area contributed by atoms with Crippen molar-refractivity contribution < 1.29 is 22.3 Å². The molecule has 46 heavy (non-hydrogen) atoms. The van der Waals surface area contributed by atoms with E-state index in [1.165, 1.54) is 13.0 Å². The fourth-order valence-electron chi connectivity index (χ4n) is 8.73. The van der Waals surface area contributed by atoms with Gasteiger partial charge in [0.2, 0.25) is 0 Å². The van der Waals surface area contributed by atoms with Crippen molar-refractivity contribution >= 4 is 34.1 Å². The Hall–Kier alpha value is -3.22. The van der Waals surface area contributed by atoms with Gasteiger partial charge in [-0.1, -0.05) is 23.8 Å². The highest BCUT2D eigenvalue weighted by Gasteiger charge is 2.53. The minimum atomic E-state index is -4.83. The molecule has 1 aliphatic carbocycles. The Morgan fingerprint density at radius 2 is 1.98 bits per heavy atom. The number of nitrogens with two attached hydrogens (primary N) is 1. The Balaban J connectivity index is 1.28. The Kier molecular flexibility index (Phi) is 6.81. The molecule has 1 saturated carbocycles. The average Bonchev–Trinajstić information content (AvgIpc) is 3.62. The highest BCUT2D eigenvalue weighted by atomic mass is 35.5. The maximum absolute atomic E-state index is 16.8. The molecule has 6 heterocycles. The monoisotopic (exact) mass is 657 g/mol. The van der Waals surface area contributed by atoms with Crippen molar-refractivity contribution in [3.8, 4) is 17.3 Å². The zero-order valence-corrected chi connectivity index (χ0v) is 26.4. The summed E-state index contributed by atoms with van der Waals surface area (Å²) in [6.07, 6.45) is 2.34. The number of pyridine rings is 1. The van der Waals surface area contributed by atoms with Gasteiger partial charge in [-0.25, -0.2) is 9.37 Å². The number of rotatable bonds is 6. The van der Waals surface area contributed by atoms with E-state index < -0.39 is 28.8 Å². The van der Waals surface area contributed by atoms with E-state index in [2.05, 4.69) is 31.7 Å². The van der Waals surface area contributed by atoms with Crippen molar-refractivity contribution in [3.63, 3.8) is 0 Å². The molecule has 8 nitrogen and oxygen atoms in total. The molecule has 0 radical (unpaired) electrons. The van der Waals surface area contributed by atoms with E-state index in [4.69, 9.17) is 27.1 Å². The lowest BCUT2D eigenvalue weighted by molar-refractivity contribution is -0.137. The topological polar surface area (TPSA) is 92.4 Å². The van der Waals surface area contributed by atoms with Crippen molar-refractivity contribution in [2.45, 2.75) is 75.2 Å². The van der Waals surface area contributed by atoms with Gasteiger partial charge in [-0.3, -0.25) is 4.90 Å². The van der Waals surface area contributed by atoms with Gasteiger partial charge < -0.3 is 20.7 Å². The van der Waals surface area contributed by atoms with Crippen LogP contribution in [-0.2, 0) is 6.18 Å². The summed E-state index contributed by atoms with van der Waals surface area (Å²) in [7, 11) is 0.